The summed E-state index contributed by atoms with van der Waals surface area (Å²) in [4.78, 5) is 4.23. The fraction of sp³-hybridized carbons (Fsp3) is 0. The zero-order valence-electron chi connectivity index (χ0n) is 7.27. The number of benzene rings is 1. The Bertz CT molecular complexity index is 615. The van der Waals surface area contributed by atoms with Gasteiger partial charge >= 0.3 is 0 Å². The lowest BCUT2D eigenvalue weighted by Crippen LogP contribution is -1.83. The molecule has 0 radical (unpaired) electrons. The second-order valence-electron chi connectivity index (χ2n) is 3.08. The maximum absolute atomic E-state index is 5.69. The third kappa shape index (κ3) is 0.821. The molecular formula is C10H7N3O. The minimum absolute atomic E-state index is 0.346. The summed E-state index contributed by atoms with van der Waals surface area (Å²) in [6.07, 6.45) is 1.75. The van der Waals surface area contributed by atoms with Crippen LogP contribution in [-0.4, -0.2) is 10.1 Å². The first-order valence-corrected chi connectivity index (χ1v) is 4.25. The van der Waals surface area contributed by atoms with Crippen molar-refractivity contribution in [3.63, 3.8) is 0 Å². The maximum Gasteiger partial charge on any atom is 0.230 e. The number of pyridine rings is 1. The molecule has 2 heterocycles. The zero-order valence-corrected chi connectivity index (χ0v) is 7.27. The predicted molar refractivity (Wildman–Crippen MR) is 53.7 cm³/mol. The summed E-state index contributed by atoms with van der Waals surface area (Å²) < 4.78 is 4.92. The fourth-order valence-corrected chi connectivity index (χ4v) is 1.62. The van der Waals surface area contributed by atoms with Crippen LogP contribution < -0.4 is 5.73 Å². The first kappa shape index (κ1) is 7.32. The standard InChI is InChI=1S/C10H7N3O/c11-10-9-6-2-1-5-12-7(6)3-4-8(9)13-14-10/h1-5H,11H2. The topological polar surface area (TPSA) is 64.9 Å². The van der Waals surface area contributed by atoms with Gasteiger partial charge in [0.2, 0.25) is 5.88 Å². The van der Waals surface area contributed by atoms with E-state index in [1.54, 1.807) is 6.20 Å². The molecule has 4 heteroatoms. The molecule has 0 amide bonds. The van der Waals surface area contributed by atoms with E-state index in [1.165, 1.54) is 0 Å². The molecule has 3 aromatic rings. The van der Waals surface area contributed by atoms with Crippen LogP contribution in [0.5, 0.6) is 0 Å². The summed E-state index contributed by atoms with van der Waals surface area (Å²) in [6.45, 7) is 0. The van der Waals surface area contributed by atoms with Gasteiger partial charge in [0.1, 0.15) is 5.52 Å². The average molecular weight is 185 g/mol. The third-order valence-corrected chi connectivity index (χ3v) is 2.25. The average Bonchev–Trinajstić information content (AvgIpc) is 2.61. The van der Waals surface area contributed by atoms with E-state index in [2.05, 4.69) is 10.1 Å². The summed E-state index contributed by atoms with van der Waals surface area (Å²) in [5.41, 5.74) is 7.35. The van der Waals surface area contributed by atoms with E-state index >= 15 is 0 Å². The molecule has 0 saturated carbocycles. The van der Waals surface area contributed by atoms with Crippen LogP contribution in [0.25, 0.3) is 21.8 Å². The van der Waals surface area contributed by atoms with Crippen LogP contribution in [0.3, 0.4) is 0 Å². The van der Waals surface area contributed by atoms with Gasteiger partial charge in [-0.05, 0) is 18.2 Å². The van der Waals surface area contributed by atoms with Crippen LogP contribution in [-0.2, 0) is 0 Å². The normalized spacial score (nSPS) is 11.1. The number of nitrogens with zero attached hydrogens (tertiary/aromatic N) is 2. The first-order valence-electron chi connectivity index (χ1n) is 4.25. The van der Waals surface area contributed by atoms with Gasteiger partial charge < -0.3 is 10.3 Å². The van der Waals surface area contributed by atoms with Crippen molar-refractivity contribution in [3.05, 3.63) is 30.5 Å². The lowest BCUT2D eigenvalue weighted by molar-refractivity contribution is 0.445. The van der Waals surface area contributed by atoms with Crippen LogP contribution >= 0.6 is 0 Å². The number of nitrogens with two attached hydrogens (primary N) is 1. The van der Waals surface area contributed by atoms with E-state index in [-0.39, 0.29) is 0 Å². The Hall–Kier alpha value is -2.10. The van der Waals surface area contributed by atoms with E-state index in [4.69, 9.17) is 10.3 Å². The molecule has 0 saturated heterocycles. The quantitative estimate of drug-likeness (QED) is 0.581. The van der Waals surface area contributed by atoms with Crippen molar-refractivity contribution < 1.29 is 4.52 Å². The van der Waals surface area contributed by atoms with Gasteiger partial charge in [-0.3, -0.25) is 4.98 Å². The molecule has 0 aliphatic carbocycles. The monoisotopic (exact) mass is 185 g/mol. The molecule has 68 valence electrons. The van der Waals surface area contributed by atoms with E-state index in [1.807, 2.05) is 24.3 Å². The molecule has 0 unspecified atom stereocenters. The number of aromatic nitrogens is 2. The van der Waals surface area contributed by atoms with Crippen molar-refractivity contribution in [2.24, 2.45) is 0 Å². The minimum Gasteiger partial charge on any atom is -0.367 e. The molecule has 2 aromatic heterocycles. The lowest BCUT2D eigenvalue weighted by Gasteiger charge is -1.96. The third-order valence-electron chi connectivity index (χ3n) is 2.25. The van der Waals surface area contributed by atoms with Crippen molar-refractivity contribution in [3.8, 4) is 0 Å². The Kier molecular flexibility index (Phi) is 1.28. The van der Waals surface area contributed by atoms with Gasteiger partial charge in [-0.15, -0.1) is 0 Å². The highest BCUT2D eigenvalue weighted by molar-refractivity contribution is 6.09. The molecule has 2 N–H and O–H groups in total. The Morgan fingerprint density at radius 1 is 1.14 bits per heavy atom. The molecule has 0 fully saturated rings. The van der Waals surface area contributed by atoms with Crippen molar-refractivity contribution in [1.29, 1.82) is 0 Å². The molecule has 4 nitrogen and oxygen atoms in total. The van der Waals surface area contributed by atoms with E-state index in [9.17, 15) is 0 Å². The second kappa shape index (κ2) is 2.45. The van der Waals surface area contributed by atoms with Gasteiger partial charge in [-0.2, -0.15) is 0 Å². The Morgan fingerprint density at radius 3 is 2.93 bits per heavy atom. The number of anilines is 1. The Morgan fingerprint density at radius 2 is 2.00 bits per heavy atom. The van der Waals surface area contributed by atoms with E-state index in [0.29, 0.717) is 5.88 Å². The van der Waals surface area contributed by atoms with Gasteiger partial charge in [0, 0.05) is 11.6 Å². The van der Waals surface area contributed by atoms with Crippen LogP contribution in [0.15, 0.2) is 35.0 Å². The second-order valence-corrected chi connectivity index (χ2v) is 3.08. The van der Waals surface area contributed by atoms with Crippen molar-refractivity contribution in [1.82, 2.24) is 10.1 Å². The molecule has 0 bridgehead atoms. The molecule has 1 aromatic carbocycles. The number of nitrogen functional groups attached to an aromatic ring is 1. The summed E-state index contributed by atoms with van der Waals surface area (Å²) in [5, 5.41) is 5.66. The van der Waals surface area contributed by atoms with Gasteiger partial charge in [0.15, 0.2) is 0 Å². The summed E-state index contributed by atoms with van der Waals surface area (Å²) in [7, 11) is 0. The number of hydrogen-bond acceptors (Lipinski definition) is 4. The van der Waals surface area contributed by atoms with Crippen LogP contribution in [0, 0.1) is 0 Å². The van der Waals surface area contributed by atoms with Crippen LogP contribution in [0.2, 0.25) is 0 Å². The SMILES string of the molecule is Nc1onc2ccc3ncccc3c12. The predicted octanol–water partition coefficient (Wildman–Crippen LogP) is 1.96. The molecule has 0 atom stereocenters. The van der Waals surface area contributed by atoms with Crippen LogP contribution in [0.1, 0.15) is 0 Å². The zero-order chi connectivity index (χ0) is 9.54. The molecule has 0 spiro atoms. The smallest absolute Gasteiger partial charge is 0.230 e. The minimum atomic E-state index is 0.346. The van der Waals surface area contributed by atoms with Gasteiger partial charge in [0.05, 0.1) is 10.9 Å². The van der Waals surface area contributed by atoms with Crippen molar-refractivity contribution in [2.45, 2.75) is 0 Å². The van der Waals surface area contributed by atoms with E-state index < -0.39 is 0 Å². The molecular weight excluding hydrogens is 178 g/mol. The summed E-state index contributed by atoms with van der Waals surface area (Å²) in [6, 6.07) is 7.58. The highest BCUT2D eigenvalue weighted by Gasteiger charge is 2.08. The Labute approximate surface area is 79.3 Å². The van der Waals surface area contributed by atoms with E-state index in [0.717, 1.165) is 21.8 Å². The van der Waals surface area contributed by atoms with Crippen LogP contribution in [0.4, 0.5) is 5.88 Å². The first-order chi connectivity index (χ1) is 6.86. The lowest BCUT2D eigenvalue weighted by atomic mass is 10.1. The van der Waals surface area contributed by atoms with Gasteiger partial charge in [0.25, 0.3) is 0 Å². The number of hydrogen-bond donors (Lipinski definition) is 1. The highest BCUT2D eigenvalue weighted by Crippen LogP contribution is 2.27. The highest BCUT2D eigenvalue weighted by atomic mass is 16.5. The summed E-state index contributed by atoms with van der Waals surface area (Å²) >= 11 is 0. The number of rotatable bonds is 0. The summed E-state index contributed by atoms with van der Waals surface area (Å²) in [5.74, 6) is 0.346. The molecule has 14 heavy (non-hydrogen) atoms. The molecule has 0 aliphatic heterocycles. The van der Waals surface area contributed by atoms with Crippen molar-refractivity contribution >= 4 is 27.7 Å². The molecule has 0 aliphatic rings. The Balaban J connectivity index is 2.65. The fourth-order valence-electron chi connectivity index (χ4n) is 1.62. The van der Waals surface area contributed by atoms with Crippen molar-refractivity contribution in [2.75, 3.05) is 5.73 Å². The molecule has 3 rings (SSSR count). The largest absolute Gasteiger partial charge is 0.367 e. The van der Waals surface area contributed by atoms with Gasteiger partial charge in [-0.25, -0.2) is 0 Å². The number of fused-ring (bicyclic) bond motifs is 3. The maximum atomic E-state index is 5.69. The van der Waals surface area contributed by atoms with Gasteiger partial charge in [-0.1, -0.05) is 11.2 Å².